The maximum atomic E-state index is 12.8. The predicted octanol–water partition coefficient (Wildman–Crippen LogP) is 4.34. The normalized spacial score (nSPS) is 11.4. The fraction of sp³-hybridized carbons (Fsp3) is 0.0476. The van der Waals surface area contributed by atoms with Crippen LogP contribution in [0.1, 0.15) is 11.3 Å². The third-order valence-corrected chi connectivity index (χ3v) is 5.76. The number of aromatic nitrogens is 1. The van der Waals surface area contributed by atoms with Gasteiger partial charge in [-0.2, -0.15) is 10.2 Å². The number of hydrogen-bond acceptors (Lipinski definition) is 5. The summed E-state index contributed by atoms with van der Waals surface area (Å²) >= 11 is 0. The predicted molar refractivity (Wildman–Crippen MR) is 101 cm³/mol. The van der Waals surface area contributed by atoms with Gasteiger partial charge in [0.1, 0.15) is 6.07 Å². The molecule has 3 aromatic carbocycles. The van der Waals surface area contributed by atoms with Crippen LogP contribution in [-0.4, -0.2) is 13.4 Å². The van der Waals surface area contributed by atoms with Crippen LogP contribution < -0.4 is 0 Å². The lowest BCUT2D eigenvalue weighted by molar-refractivity contribution is 0.457. The molecule has 0 bridgehead atoms. The fourth-order valence-electron chi connectivity index (χ4n) is 2.97. The first kappa shape index (κ1) is 17.0. The SMILES string of the molecule is N#Cc1nc(-c2cccc3ccccc23)oc1S(=O)(=O)Cc1ccccc1. The summed E-state index contributed by atoms with van der Waals surface area (Å²) in [6.07, 6.45) is 0. The maximum absolute atomic E-state index is 12.8. The Kier molecular flexibility index (Phi) is 4.22. The highest BCUT2D eigenvalue weighted by molar-refractivity contribution is 7.90. The Bertz CT molecular complexity index is 1260. The summed E-state index contributed by atoms with van der Waals surface area (Å²) in [6.45, 7) is 0. The molecule has 0 amide bonds. The third-order valence-electron chi connectivity index (χ3n) is 4.20. The highest BCUT2D eigenvalue weighted by Gasteiger charge is 2.27. The first-order valence-electron chi connectivity index (χ1n) is 8.24. The van der Waals surface area contributed by atoms with Crippen molar-refractivity contribution in [1.29, 1.82) is 5.26 Å². The summed E-state index contributed by atoms with van der Waals surface area (Å²) in [4.78, 5) is 4.15. The second-order valence-electron chi connectivity index (χ2n) is 6.04. The van der Waals surface area contributed by atoms with Gasteiger partial charge >= 0.3 is 0 Å². The summed E-state index contributed by atoms with van der Waals surface area (Å²) in [5.41, 5.74) is 1.03. The van der Waals surface area contributed by atoms with Crippen LogP contribution in [0.3, 0.4) is 0 Å². The van der Waals surface area contributed by atoms with Crippen molar-refractivity contribution in [1.82, 2.24) is 4.98 Å². The number of sulfone groups is 1. The van der Waals surface area contributed by atoms with Crippen LogP contribution in [0.25, 0.3) is 22.2 Å². The monoisotopic (exact) mass is 374 g/mol. The van der Waals surface area contributed by atoms with Crippen molar-refractivity contribution in [3.63, 3.8) is 0 Å². The van der Waals surface area contributed by atoms with Crippen LogP contribution in [0.15, 0.2) is 82.3 Å². The molecular weight excluding hydrogens is 360 g/mol. The molecule has 0 N–H and O–H groups in total. The van der Waals surface area contributed by atoms with Gasteiger partial charge < -0.3 is 4.42 Å². The van der Waals surface area contributed by atoms with Gasteiger partial charge in [0.2, 0.25) is 15.7 Å². The van der Waals surface area contributed by atoms with Gasteiger partial charge in [0.15, 0.2) is 5.69 Å². The molecule has 4 rings (SSSR count). The number of rotatable bonds is 4. The minimum absolute atomic E-state index is 0.120. The minimum Gasteiger partial charge on any atom is -0.423 e. The van der Waals surface area contributed by atoms with Gasteiger partial charge in [-0.3, -0.25) is 0 Å². The lowest BCUT2D eigenvalue weighted by Crippen LogP contribution is -2.05. The van der Waals surface area contributed by atoms with E-state index in [0.29, 0.717) is 11.1 Å². The third kappa shape index (κ3) is 3.21. The Labute approximate surface area is 156 Å². The minimum atomic E-state index is -3.85. The molecule has 0 aliphatic heterocycles. The van der Waals surface area contributed by atoms with Gasteiger partial charge in [-0.1, -0.05) is 66.7 Å². The van der Waals surface area contributed by atoms with Gasteiger partial charge in [-0.15, -0.1) is 0 Å². The van der Waals surface area contributed by atoms with Gasteiger partial charge in [0, 0.05) is 5.56 Å². The average molecular weight is 374 g/mol. The van der Waals surface area contributed by atoms with Crippen LogP contribution in [0.2, 0.25) is 0 Å². The van der Waals surface area contributed by atoms with Crippen LogP contribution >= 0.6 is 0 Å². The summed E-state index contributed by atoms with van der Waals surface area (Å²) in [5.74, 6) is -0.137. The van der Waals surface area contributed by atoms with Gasteiger partial charge in [0.25, 0.3) is 5.09 Å². The Balaban J connectivity index is 1.83. The van der Waals surface area contributed by atoms with Crippen molar-refractivity contribution in [3.05, 3.63) is 84.1 Å². The largest absolute Gasteiger partial charge is 0.423 e. The number of hydrogen-bond donors (Lipinski definition) is 0. The zero-order valence-corrected chi connectivity index (χ0v) is 15.0. The molecule has 6 heteroatoms. The quantitative estimate of drug-likeness (QED) is 0.530. The number of oxazole rings is 1. The molecule has 1 heterocycles. The van der Waals surface area contributed by atoms with E-state index in [1.165, 1.54) is 0 Å². The first-order chi connectivity index (χ1) is 13.1. The fourth-order valence-corrected chi connectivity index (χ4v) is 4.33. The number of benzene rings is 3. The maximum Gasteiger partial charge on any atom is 0.257 e. The molecule has 0 saturated carbocycles. The molecule has 1 aromatic heterocycles. The van der Waals surface area contributed by atoms with E-state index in [0.717, 1.165) is 10.8 Å². The van der Waals surface area contributed by atoms with E-state index in [4.69, 9.17) is 4.42 Å². The van der Waals surface area contributed by atoms with E-state index in [2.05, 4.69) is 4.98 Å². The zero-order valence-electron chi connectivity index (χ0n) is 14.2. The first-order valence-corrected chi connectivity index (χ1v) is 9.89. The van der Waals surface area contributed by atoms with Gasteiger partial charge in [-0.05, 0) is 22.4 Å². The zero-order chi connectivity index (χ0) is 18.9. The number of nitrogens with zero attached hydrogens (tertiary/aromatic N) is 2. The molecular formula is C21H14N2O3S. The highest BCUT2D eigenvalue weighted by atomic mass is 32.2. The van der Waals surface area contributed by atoms with Crippen molar-refractivity contribution >= 4 is 20.6 Å². The molecule has 0 spiro atoms. The molecule has 132 valence electrons. The van der Waals surface area contributed by atoms with Crippen LogP contribution in [0.5, 0.6) is 0 Å². The van der Waals surface area contributed by atoms with Crippen molar-refractivity contribution in [2.24, 2.45) is 0 Å². The summed E-state index contributed by atoms with van der Waals surface area (Å²) < 4.78 is 31.2. The van der Waals surface area contributed by atoms with Crippen molar-refractivity contribution in [2.75, 3.05) is 0 Å². The second-order valence-corrected chi connectivity index (χ2v) is 7.93. The van der Waals surface area contributed by atoms with E-state index in [9.17, 15) is 13.7 Å². The molecule has 27 heavy (non-hydrogen) atoms. The Morgan fingerprint density at radius 3 is 2.41 bits per heavy atom. The Morgan fingerprint density at radius 2 is 1.63 bits per heavy atom. The number of fused-ring (bicyclic) bond motifs is 1. The molecule has 0 fully saturated rings. The van der Waals surface area contributed by atoms with Crippen LogP contribution in [0, 0.1) is 11.3 Å². The molecule has 0 unspecified atom stereocenters. The Morgan fingerprint density at radius 1 is 0.926 bits per heavy atom. The summed E-state index contributed by atoms with van der Waals surface area (Å²) in [6, 6.07) is 23.8. The molecule has 4 aromatic rings. The number of nitriles is 1. The lowest BCUT2D eigenvalue weighted by atomic mass is 10.0. The molecule has 0 aliphatic carbocycles. The molecule has 0 aliphatic rings. The van der Waals surface area contributed by atoms with Crippen LogP contribution in [0.4, 0.5) is 0 Å². The summed E-state index contributed by atoms with van der Waals surface area (Å²) in [5, 5.41) is 10.8. The second kappa shape index (κ2) is 6.71. The van der Waals surface area contributed by atoms with E-state index >= 15 is 0 Å². The van der Waals surface area contributed by atoms with Crippen molar-refractivity contribution in [2.45, 2.75) is 10.8 Å². The van der Waals surface area contributed by atoms with Gasteiger partial charge in [-0.25, -0.2) is 8.42 Å². The van der Waals surface area contributed by atoms with E-state index < -0.39 is 14.9 Å². The highest BCUT2D eigenvalue weighted by Crippen LogP contribution is 2.31. The lowest BCUT2D eigenvalue weighted by Gasteiger charge is -2.03. The molecule has 0 atom stereocenters. The van der Waals surface area contributed by atoms with E-state index in [1.807, 2.05) is 48.5 Å². The van der Waals surface area contributed by atoms with Gasteiger partial charge in [0.05, 0.1) is 5.75 Å². The van der Waals surface area contributed by atoms with Crippen molar-refractivity contribution in [3.8, 4) is 17.5 Å². The molecule has 5 nitrogen and oxygen atoms in total. The topological polar surface area (TPSA) is 84.0 Å². The smallest absolute Gasteiger partial charge is 0.257 e. The Hall–Kier alpha value is -3.43. The average Bonchev–Trinajstić information content (AvgIpc) is 3.13. The standard InChI is InChI=1S/C21H14N2O3S/c22-13-19-21(27(24,25)14-15-7-2-1-3-8-15)26-20(23-19)18-12-6-10-16-9-4-5-11-17(16)18/h1-12H,14H2. The molecule has 0 radical (unpaired) electrons. The van der Waals surface area contributed by atoms with Crippen molar-refractivity contribution < 1.29 is 12.8 Å². The van der Waals surface area contributed by atoms with E-state index in [-0.39, 0.29) is 17.3 Å². The van der Waals surface area contributed by atoms with E-state index in [1.54, 1.807) is 30.3 Å². The van der Waals surface area contributed by atoms with Crippen LogP contribution in [-0.2, 0) is 15.6 Å². The molecule has 0 saturated heterocycles. The summed E-state index contributed by atoms with van der Waals surface area (Å²) in [7, 11) is -3.85.